The first kappa shape index (κ1) is 21.3. The Bertz CT molecular complexity index is 1380. The Morgan fingerprint density at radius 1 is 0.935 bits per heavy atom. The molecule has 0 radical (unpaired) electrons. The normalized spacial score (nSPS) is 14.7. The van der Waals surface area contributed by atoms with Crippen molar-refractivity contribution in [3.63, 3.8) is 0 Å². The standard InChI is InChI=1S/C24H19ClFNO3S/c1-14-4-8-19(16(3)10-14)24(28)23-13-27(18-7-5-15(2)20(25)12-18)21-11-17(26)6-9-22(21)31(23,29)30/h4-13H,1-3H3. The molecule has 0 aromatic heterocycles. The van der Waals surface area contributed by atoms with Gasteiger partial charge < -0.3 is 4.90 Å². The second-order valence-electron chi connectivity index (χ2n) is 7.56. The highest BCUT2D eigenvalue weighted by Crippen LogP contribution is 2.41. The predicted octanol–water partition coefficient (Wildman–Crippen LogP) is 6.05. The summed E-state index contributed by atoms with van der Waals surface area (Å²) < 4.78 is 40.7. The summed E-state index contributed by atoms with van der Waals surface area (Å²) in [6, 6.07) is 13.8. The summed E-state index contributed by atoms with van der Waals surface area (Å²) in [4.78, 5) is 14.3. The fourth-order valence-electron chi connectivity index (χ4n) is 3.61. The van der Waals surface area contributed by atoms with Crippen molar-refractivity contribution < 1.29 is 17.6 Å². The summed E-state index contributed by atoms with van der Waals surface area (Å²) in [5.74, 6) is -1.20. The predicted molar refractivity (Wildman–Crippen MR) is 120 cm³/mol. The molecule has 0 bridgehead atoms. The molecule has 4 nitrogen and oxygen atoms in total. The van der Waals surface area contributed by atoms with E-state index in [1.807, 2.05) is 19.9 Å². The molecule has 0 aliphatic carbocycles. The van der Waals surface area contributed by atoms with Gasteiger partial charge in [-0.25, -0.2) is 12.8 Å². The first-order valence-electron chi connectivity index (χ1n) is 9.53. The molecule has 7 heteroatoms. The summed E-state index contributed by atoms with van der Waals surface area (Å²) >= 11 is 6.27. The Balaban J connectivity index is 1.96. The van der Waals surface area contributed by atoms with Crippen LogP contribution >= 0.6 is 11.6 Å². The number of hydrogen-bond donors (Lipinski definition) is 0. The minimum atomic E-state index is -4.16. The molecule has 158 valence electrons. The van der Waals surface area contributed by atoms with Crippen molar-refractivity contribution in [2.45, 2.75) is 25.7 Å². The lowest BCUT2D eigenvalue weighted by Crippen LogP contribution is -2.26. The molecular formula is C24H19ClFNO3S. The summed E-state index contributed by atoms with van der Waals surface area (Å²) in [6.45, 7) is 5.49. The van der Waals surface area contributed by atoms with Crippen molar-refractivity contribution in [3.05, 3.63) is 98.8 Å². The molecule has 4 rings (SSSR count). The highest BCUT2D eigenvalue weighted by atomic mass is 35.5. The van der Waals surface area contributed by atoms with Crippen LogP contribution < -0.4 is 4.90 Å². The number of fused-ring (bicyclic) bond motifs is 1. The van der Waals surface area contributed by atoms with Crippen LogP contribution in [0.15, 0.2) is 70.6 Å². The summed E-state index contributed by atoms with van der Waals surface area (Å²) in [6.07, 6.45) is 1.25. The van der Waals surface area contributed by atoms with E-state index in [-0.39, 0.29) is 15.5 Å². The third kappa shape index (κ3) is 3.66. The number of nitrogens with zero attached hydrogens (tertiary/aromatic N) is 1. The van der Waals surface area contributed by atoms with Gasteiger partial charge >= 0.3 is 0 Å². The Labute approximate surface area is 185 Å². The molecule has 0 fully saturated rings. The van der Waals surface area contributed by atoms with Crippen LogP contribution in [0.25, 0.3) is 0 Å². The number of carbonyl (C=O) groups excluding carboxylic acids is 1. The van der Waals surface area contributed by atoms with Crippen LogP contribution in [0.4, 0.5) is 15.8 Å². The van der Waals surface area contributed by atoms with Gasteiger partial charge in [0, 0.05) is 22.5 Å². The van der Waals surface area contributed by atoms with Crippen molar-refractivity contribution in [1.29, 1.82) is 0 Å². The van der Waals surface area contributed by atoms with E-state index in [9.17, 15) is 17.6 Å². The van der Waals surface area contributed by atoms with Gasteiger partial charge in [-0.3, -0.25) is 4.79 Å². The topological polar surface area (TPSA) is 54.5 Å². The van der Waals surface area contributed by atoms with Crippen LogP contribution in [0, 0.1) is 26.6 Å². The molecule has 0 saturated carbocycles. The van der Waals surface area contributed by atoms with E-state index in [4.69, 9.17) is 11.6 Å². The van der Waals surface area contributed by atoms with E-state index in [2.05, 4.69) is 0 Å². The minimum Gasteiger partial charge on any atom is -0.314 e. The number of sulfone groups is 1. The lowest BCUT2D eigenvalue weighted by atomic mass is 10.0. The lowest BCUT2D eigenvalue weighted by Gasteiger charge is -2.29. The molecule has 0 N–H and O–H groups in total. The van der Waals surface area contributed by atoms with Crippen LogP contribution in [0.5, 0.6) is 0 Å². The number of benzene rings is 3. The Morgan fingerprint density at radius 2 is 1.68 bits per heavy atom. The zero-order chi connectivity index (χ0) is 22.5. The number of anilines is 2. The van der Waals surface area contributed by atoms with Gasteiger partial charge in [-0.15, -0.1) is 0 Å². The third-order valence-corrected chi connectivity index (χ3v) is 7.49. The Morgan fingerprint density at radius 3 is 2.35 bits per heavy atom. The third-order valence-electron chi connectivity index (χ3n) is 5.29. The molecule has 31 heavy (non-hydrogen) atoms. The molecule has 1 aliphatic heterocycles. The quantitative estimate of drug-likeness (QED) is 0.356. The molecule has 0 amide bonds. The average Bonchev–Trinajstić information content (AvgIpc) is 2.69. The van der Waals surface area contributed by atoms with Crippen LogP contribution in [0.1, 0.15) is 27.0 Å². The number of Topliss-reactive ketones (excluding diaryl/α,β-unsaturated/α-hetero) is 1. The van der Waals surface area contributed by atoms with E-state index >= 15 is 0 Å². The fourth-order valence-corrected chi connectivity index (χ4v) is 5.30. The monoisotopic (exact) mass is 455 g/mol. The zero-order valence-corrected chi connectivity index (χ0v) is 18.7. The van der Waals surface area contributed by atoms with Crippen LogP contribution in [-0.4, -0.2) is 14.2 Å². The van der Waals surface area contributed by atoms with Gasteiger partial charge in [-0.05, 0) is 62.2 Å². The highest BCUT2D eigenvalue weighted by Gasteiger charge is 2.37. The van der Waals surface area contributed by atoms with E-state index < -0.39 is 21.4 Å². The maximum Gasteiger partial charge on any atom is 0.214 e. The number of aryl methyl sites for hydroxylation is 3. The van der Waals surface area contributed by atoms with Gasteiger partial charge in [0.15, 0.2) is 0 Å². The molecule has 0 unspecified atom stereocenters. The number of allylic oxidation sites excluding steroid dienone is 1. The Hall–Kier alpha value is -2.96. The number of rotatable bonds is 3. The maximum absolute atomic E-state index is 14.1. The largest absolute Gasteiger partial charge is 0.314 e. The van der Waals surface area contributed by atoms with Crippen molar-refractivity contribution in [2.75, 3.05) is 4.90 Å². The molecular weight excluding hydrogens is 437 g/mol. The second kappa shape index (κ2) is 7.62. The summed E-state index contributed by atoms with van der Waals surface area (Å²) in [5, 5.41) is 0.472. The van der Waals surface area contributed by atoms with E-state index in [0.29, 0.717) is 21.8 Å². The van der Waals surface area contributed by atoms with Crippen LogP contribution in [0.2, 0.25) is 5.02 Å². The average molecular weight is 456 g/mol. The molecule has 1 heterocycles. The lowest BCUT2D eigenvalue weighted by molar-refractivity contribution is 0.104. The second-order valence-corrected chi connectivity index (χ2v) is 9.85. The zero-order valence-electron chi connectivity index (χ0n) is 17.1. The van der Waals surface area contributed by atoms with Gasteiger partial charge in [-0.2, -0.15) is 0 Å². The molecule has 0 spiro atoms. The van der Waals surface area contributed by atoms with E-state index in [0.717, 1.165) is 23.3 Å². The number of halogens is 2. The molecule has 0 saturated heterocycles. The van der Waals surface area contributed by atoms with Crippen molar-refractivity contribution >= 4 is 38.6 Å². The number of carbonyl (C=O) groups is 1. The SMILES string of the molecule is Cc1ccc(C(=O)C2=CN(c3ccc(C)c(Cl)c3)c3cc(F)ccc3S2(=O)=O)c(C)c1. The van der Waals surface area contributed by atoms with Crippen molar-refractivity contribution in [1.82, 2.24) is 0 Å². The Kier molecular flexibility index (Phi) is 5.23. The molecule has 0 atom stereocenters. The van der Waals surface area contributed by atoms with Crippen LogP contribution in [-0.2, 0) is 9.84 Å². The fraction of sp³-hybridized carbons (Fsp3) is 0.125. The highest BCUT2D eigenvalue weighted by molar-refractivity contribution is 7.96. The van der Waals surface area contributed by atoms with Gasteiger partial charge in [-0.1, -0.05) is 41.4 Å². The summed E-state index contributed by atoms with van der Waals surface area (Å²) in [7, 11) is -4.16. The molecule has 3 aromatic carbocycles. The smallest absolute Gasteiger partial charge is 0.214 e. The first-order valence-corrected chi connectivity index (χ1v) is 11.4. The van der Waals surface area contributed by atoms with Crippen molar-refractivity contribution in [3.8, 4) is 0 Å². The van der Waals surface area contributed by atoms with Gasteiger partial charge in [0.1, 0.15) is 10.7 Å². The minimum absolute atomic E-state index is 0.122. The van der Waals surface area contributed by atoms with Crippen LogP contribution in [0.3, 0.4) is 0 Å². The number of hydrogen-bond acceptors (Lipinski definition) is 4. The maximum atomic E-state index is 14.1. The molecule has 3 aromatic rings. The van der Waals surface area contributed by atoms with E-state index in [1.54, 1.807) is 37.3 Å². The van der Waals surface area contributed by atoms with E-state index in [1.165, 1.54) is 17.2 Å². The molecule has 1 aliphatic rings. The van der Waals surface area contributed by atoms with Gasteiger partial charge in [0.2, 0.25) is 15.6 Å². The van der Waals surface area contributed by atoms with Gasteiger partial charge in [0.05, 0.1) is 10.6 Å². The van der Waals surface area contributed by atoms with Crippen molar-refractivity contribution in [2.24, 2.45) is 0 Å². The number of ketones is 1. The van der Waals surface area contributed by atoms with Gasteiger partial charge in [0.25, 0.3) is 0 Å². The first-order chi connectivity index (χ1) is 14.6. The summed E-state index contributed by atoms with van der Waals surface area (Å²) in [5.41, 5.74) is 3.42.